The third kappa shape index (κ3) is 2.89. The summed E-state index contributed by atoms with van der Waals surface area (Å²) in [6, 6.07) is 12.8. The Kier molecular flexibility index (Phi) is 4.23. The fourth-order valence-electron chi connectivity index (χ4n) is 3.17. The van der Waals surface area contributed by atoms with Gasteiger partial charge in [0.25, 0.3) is 0 Å². The van der Waals surface area contributed by atoms with Gasteiger partial charge in [0.2, 0.25) is 0 Å². The summed E-state index contributed by atoms with van der Waals surface area (Å²) in [5, 5.41) is 3.58. The number of ether oxygens (including phenoxy) is 2. The third-order valence-electron chi connectivity index (χ3n) is 4.39. The van der Waals surface area contributed by atoms with Crippen molar-refractivity contribution in [3.05, 3.63) is 53.1 Å². The number of aryl methyl sites for hydroxylation is 2. The Morgan fingerprint density at radius 1 is 0.955 bits per heavy atom. The average molecular weight is 297 g/mol. The van der Waals surface area contributed by atoms with E-state index in [0.717, 1.165) is 17.1 Å². The van der Waals surface area contributed by atoms with Crippen molar-refractivity contribution >= 4 is 5.69 Å². The summed E-state index contributed by atoms with van der Waals surface area (Å²) in [7, 11) is 3.36. The summed E-state index contributed by atoms with van der Waals surface area (Å²) in [5.74, 6) is 1.66. The SMILES string of the molecule is COc1ccc(C(C)Nc2ccc3c(c2)CCC3)c(OC)c1. The summed E-state index contributed by atoms with van der Waals surface area (Å²) >= 11 is 0. The van der Waals surface area contributed by atoms with Crippen LogP contribution in [-0.4, -0.2) is 14.2 Å². The molecule has 0 saturated carbocycles. The quantitative estimate of drug-likeness (QED) is 0.889. The molecular weight excluding hydrogens is 274 g/mol. The topological polar surface area (TPSA) is 30.5 Å². The van der Waals surface area contributed by atoms with Crippen LogP contribution < -0.4 is 14.8 Å². The van der Waals surface area contributed by atoms with E-state index in [4.69, 9.17) is 9.47 Å². The van der Waals surface area contributed by atoms with Gasteiger partial charge >= 0.3 is 0 Å². The fourth-order valence-corrected chi connectivity index (χ4v) is 3.17. The van der Waals surface area contributed by atoms with E-state index < -0.39 is 0 Å². The predicted octanol–water partition coefficient (Wildman–Crippen LogP) is 4.37. The smallest absolute Gasteiger partial charge is 0.127 e. The van der Waals surface area contributed by atoms with Gasteiger partial charge < -0.3 is 14.8 Å². The number of rotatable bonds is 5. The highest BCUT2D eigenvalue weighted by molar-refractivity contribution is 5.53. The summed E-state index contributed by atoms with van der Waals surface area (Å²) < 4.78 is 10.8. The number of benzene rings is 2. The molecule has 2 aromatic carbocycles. The highest BCUT2D eigenvalue weighted by Gasteiger charge is 2.15. The minimum atomic E-state index is 0.167. The average Bonchev–Trinajstić information content (AvgIpc) is 3.01. The molecule has 0 saturated heterocycles. The zero-order valence-corrected chi connectivity index (χ0v) is 13.5. The van der Waals surface area contributed by atoms with Crippen LogP contribution in [0, 0.1) is 0 Å². The first-order chi connectivity index (χ1) is 10.7. The predicted molar refractivity (Wildman–Crippen MR) is 90.1 cm³/mol. The maximum Gasteiger partial charge on any atom is 0.127 e. The Morgan fingerprint density at radius 3 is 2.55 bits per heavy atom. The Bertz CT molecular complexity index is 666. The Labute approximate surface area is 132 Å². The van der Waals surface area contributed by atoms with E-state index in [9.17, 15) is 0 Å². The molecule has 1 atom stereocenters. The molecule has 0 aromatic heterocycles. The first-order valence-electron chi connectivity index (χ1n) is 7.81. The van der Waals surface area contributed by atoms with Gasteiger partial charge in [-0.2, -0.15) is 0 Å². The molecule has 0 fully saturated rings. The van der Waals surface area contributed by atoms with E-state index in [1.54, 1.807) is 14.2 Å². The highest BCUT2D eigenvalue weighted by atomic mass is 16.5. The second-order valence-corrected chi connectivity index (χ2v) is 5.81. The van der Waals surface area contributed by atoms with Crippen LogP contribution in [-0.2, 0) is 12.8 Å². The van der Waals surface area contributed by atoms with Crippen LogP contribution >= 0.6 is 0 Å². The van der Waals surface area contributed by atoms with Gasteiger partial charge in [0.05, 0.1) is 20.3 Å². The van der Waals surface area contributed by atoms with E-state index in [1.807, 2.05) is 12.1 Å². The van der Waals surface area contributed by atoms with Crippen molar-refractivity contribution in [1.82, 2.24) is 0 Å². The summed E-state index contributed by atoms with van der Waals surface area (Å²) in [5.41, 5.74) is 5.29. The van der Waals surface area contributed by atoms with Crippen molar-refractivity contribution in [3.63, 3.8) is 0 Å². The summed E-state index contributed by atoms with van der Waals surface area (Å²) in [6.45, 7) is 2.15. The molecular formula is C19H23NO2. The molecule has 116 valence electrons. The van der Waals surface area contributed by atoms with Gasteiger partial charge in [-0.15, -0.1) is 0 Å². The molecule has 0 spiro atoms. The normalized spacial score (nSPS) is 14.3. The second-order valence-electron chi connectivity index (χ2n) is 5.81. The molecule has 1 unspecified atom stereocenters. The molecule has 1 aliphatic rings. The maximum atomic E-state index is 5.50. The molecule has 3 heteroatoms. The lowest BCUT2D eigenvalue weighted by molar-refractivity contribution is 0.390. The minimum absolute atomic E-state index is 0.167. The van der Waals surface area contributed by atoms with Gasteiger partial charge in [0.15, 0.2) is 0 Å². The number of fused-ring (bicyclic) bond motifs is 1. The van der Waals surface area contributed by atoms with E-state index in [2.05, 4.69) is 36.5 Å². The van der Waals surface area contributed by atoms with Gasteiger partial charge in [-0.1, -0.05) is 6.07 Å². The van der Waals surface area contributed by atoms with Crippen molar-refractivity contribution in [2.75, 3.05) is 19.5 Å². The Morgan fingerprint density at radius 2 is 1.77 bits per heavy atom. The summed E-state index contributed by atoms with van der Waals surface area (Å²) in [4.78, 5) is 0. The standard InChI is InChI=1S/C19H23NO2/c1-13(18-10-9-17(21-2)12-19(18)22-3)20-16-8-7-14-5-4-6-15(14)11-16/h7-13,20H,4-6H2,1-3H3. The van der Waals surface area contributed by atoms with Crippen LogP contribution in [0.5, 0.6) is 11.5 Å². The number of hydrogen-bond acceptors (Lipinski definition) is 3. The van der Waals surface area contributed by atoms with Gasteiger partial charge in [-0.3, -0.25) is 0 Å². The molecule has 2 aromatic rings. The number of anilines is 1. The molecule has 0 aliphatic heterocycles. The van der Waals surface area contributed by atoms with Crippen LogP contribution in [0.1, 0.15) is 36.1 Å². The zero-order valence-electron chi connectivity index (χ0n) is 13.5. The first-order valence-corrected chi connectivity index (χ1v) is 7.81. The molecule has 1 aliphatic carbocycles. The van der Waals surface area contributed by atoms with Gasteiger partial charge in [0, 0.05) is 17.3 Å². The molecule has 3 nitrogen and oxygen atoms in total. The maximum absolute atomic E-state index is 5.50. The van der Waals surface area contributed by atoms with Gasteiger partial charge in [-0.25, -0.2) is 0 Å². The Balaban J connectivity index is 1.80. The molecule has 22 heavy (non-hydrogen) atoms. The summed E-state index contributed by atoms with van der Waals surface area (Å²) in [6.07, 6.45) is 3.70. The van der Waals surface area contributed by atoms with Crippen molar-refractivity contribution in [3.8, 4) is 11.5 Å². The van der Waals surface area contributed by atoms with Crippen LogP contribution in [0.3, 0.4) is 0 Å². The van der Waals surface area contributed by atoms with Crippen LogP contribution in [0.25, 0.3) is 0 Å². The second kappa shape index (κ2) is 6.30. The van der Waals surface area contributed by atoms with Crippen molar-refractivity contribution in [2.24, 2.45) is 0 Å². The van der Waals surface area contributed by atoms with Crippen LogP contribution in [0.15, 0.2) is 36.4 Å². The fraction of sp³-hybridized carbons (Fsp3) is 0.368. The molecule has 3 rings (SSSR count). The lowest BCUT2D eigenvalue weighted by Crippen LogP contribution is -2.08. The number of nitrogens with one attached hydrogen (secondary N) is 1. The van der Waals surface area contributed by atoms with Crippen LogP contribution in [0.4, 0.5) is 5.69 Å². The van der Waals surface area contributed by atoms with E-state index in [0.29, 0.717) is 0 Å². The third-order valence-corrected chi connectivity index (χ3v) is 4.39. The van der Waals surface area contributed by atoms with Gasteiger partial charge in [-0.05, 0) is 61.6 Å². The largest absolute Gasteiger partial charge is 0.497 e. The van der Waals surface area contributed by atoms with E-state index in [-0.39, 0.29) is 6.04 Å². The highest BCUT2D eigenvalue weighted by Crippen LogP contribution is 2.32. The molecule has 0 bridgehead atoms. The van der Waals surface area contributed by atoms with Crippen molar-refractivity contribution < 1.29 is 9.47 Å². The first kappa shape index (κ1) is 14.8. The molecule has 0 heterocycles. The van der Waals surface area contributed by atoms with Crippen LogP contribution in [0.2, 0.25) is 0 Å². The zero-order chi connectivity index (χ0) is 15.5. The number of hydrogen-bond donors (Lipinski definition) is 1. The van der Waals surface area contributed by atoms with Crippen molar-refractivity contribution in [1.29, 1.82) is 0 Å². The van der Waals surface area contributed by atoms with Crippen molar-refractivity contribution in [2.45, 2.75) is 32.2 Å². The molecule has 0 radical (unpaired) electrons. The minimum Gasteiger partial charge on any atom is -0.497 e. The molecule has 0 amide bonds. The van der Waals surface area contributed by atoms with E-state index in [1.165, 1.54) is 36.1 Å². The van der Waals surface area contributed by atoms with E-state index >= 15 is 0 Å². The molecule has 1 N–H and O–H groups in total. The number of methoxy groups -OCH3 is 2. The monoisotopic (exact) mass is 297 g/mol. The lowest BCUT2D eigenvalue weighted by atomic mass is 10.1. The van der Waals surface area contributed by atoms with Gasteiger partial charge in [0.1, 0.15) is 11.5 Å². The Hall–Kier alpha value is -2.16. The lowest BCUT2D eigenvalue weighted by Gasteiger charge is -2.19.